The summed E-state index contributed by atoms with van der Waals surface area (Å²) in [6.07, 6.45) is 0. The Bertz CT molecular complexity index is 7.61. The Balaban J connectivity index is -0.0000000200. The molecule has 1 radical (unpaired) electrons. The van der Waals surface area contributed by atoms with Crippen molar-refractivity contribution in [3.8, 4) is 0 Å². The fraction of sp³-hybridized carbons (Fsp3) is 0. The van der Waals surface area contributed by atoms with Crippen molar-refractivity contribution in [3.63, 3.8) is 0 Å². The quantitative estimate of drug-likeness (QED) is 0.488. The molecule has 0 aromatic rings. The number of aliphatic hydroxyl groups is 2. The van der Waals surface area contributed by atoms with Crippen molar-refractivity contribution < 1.29 is 42.9 Å². The summed E-state index contributed by atoms with van der Waals surface area (Å²) < 4.78 is 0. The van der Waals surface area contributed by atoms with Gasteiger partial charge in [-0.1, -0.05) is 0 Å². The van der Waals surface area contributed by atoms with Crippen LogP contribution >= 0.6 is 0 Å². The van der Waals surface area contributed by atoms with Crippen LogP contribution in [0.1, 0.15) is 0 Å². The molecular formula is C2H6O2Y-2. The summed E-state index contributed by atoms with van der Waals surface area (Å²) in [5, 5.41) is 14.0. The van der Waals surface area contributed by atoms with E-state index in [1.54, 1.807) is 0 Å². The summed E-state index contributed by atoms with van der Waals surface area (Å²) in [6.45, 7) is 0. The van der Waals surface area contributed by atoms with E-state index in [0.29, 0.717) is 0 Å². The second-order valence-corrected chi connectivity index (χ2v) is 0.115. The molecule has 0 saturated heterocycles. The van der Waals surface area contributed by atoms with E-state index < -0.39 is 0 Å². The largest absolute Gasteiger partial charge is 0.539 e. The Morgan fingerprint density at radius 1 is 1.20 bits per heavy atom. The van der Waals surface area contributed by atoms with Crippen molar-refractivity contribution in [2.75, 3.05) is 0 Å². The molecular weight excluding hydrogens is 145 g/mol. The average Bonchev–Trinajstić information content (AvgIpc) is 0.918. The van der Waals surface area contributed by atoms with Crippen molar-refractivity contribution in [2.24, 2.45) is 0 Å². The molecule has 0 aromatic heterocycles. The zero-order valence-corrected chi connectivity index (χ0v) is 5.89. The van der Waals surface area contributed by atoms with Gasteiger partial charge < -0.3 is 17.6 Å². The number of hydrogen-bond donors (Lipinski definition) is 2. The summed E-state index contributed by atoms with van der Waals surface area (Å²) in [5.41, 5.74) is 0. The van der Waals surface area contributed by atoms with Crippen molar-refractivity contribution in [2.45, 2.75) is 0 Å². The molecule has 5 heavy (non-hydrogen) atoms. The molecule has 0 aliphatic carbocycles. The SMILES string of the molecule is O[CH-]O.[CH3-].[Y]. The van der Waals surface area contributed by atoms with Crippen LogP contribution in [-0.4, -0.2) is 10.2 Å². The first-order valence-electron chi connectivity index (χ1n) is 0.516. The van der Waals surface area contributed by atoms with E-state index in [0.717, 1.165) is 0 Å². The molecule has 0 fully saturated rings. The van der Waals surface area contributed by atoms with Crippen molar-refractivity contribution >= 4 is 0 Å². The molecule has 0 unspecified atom stereocenters. The van der Waals surface area contributed by atoms with E-state index in [1.807, 2.05) is 0 Å². The molecule has 0 saturated carbocycles. The molecule has 0 heterocycles. The maximum absolute atomic E-state index is 7.00. The Kier molecular flexibility index (Phi) is 66.0. The van der Waals surface area contributed by atoms with Crippen LogP contribution in [0.3, 0.4) is 0 Å². The van der Waals surface area contributed by atoms with Crippen LogP contribution in [0.2, 0.25) is 0 Å². The van der Waals surface area contributed by atoms with Gasteiger partial charge in [-0.15, -0.1) is 6.79 Å². The molecule has 0 aliphatic heterocycles. The maximum Gasteiger partial charge on any atom is 0 e. The molecule has 0 atom stereocenters. The van der Waals surface area contributed by atoms with E-state index in [4.69, 9.17) is 10.2 Å². The first kappa shape index (κ1) is 16.6. The summed E-state index contributed by atoms with van der Waals surface area (Å²) in [7, 11) is 0. The minimum atomic E-state index is 0. The second-order valence-electron chi connectivity index (χ2n) is 0.115. The fourth-order valence-corrected chi connectivity index (χ4v) is 0. The van der Waals surface area contributed by atoms with Gasteiger partial charge in [-0.25, -0.2) is 0 Å². The molecule has 0 spiro atoms. The van der Waals surface area contributed by atoms with Gasteiger partial charge in [-0.2, -0.15) is 0 Å². The number of aliphatic hydroxyl groups excluding tert-OH is 1. The van der Waals surface area contributed by atoms with E-state index in [-0.39, 0.29) is 46.9 Å². The molecule has 2 nitrogen and oxygen atoms in total. The van der Waals surface area contributed by atoms with Gasteiger partial charge in [-0.05, 0) is 0 Å². The van der Waals surface area contributed by atoms with Gasteiger partial charge in [-0.3, -0.25) is 0 Å². The van der Waals surface area contributed by atoms with Crippen molar-refractivity contribution in [3.05, 3.63) is 14.2 Å². The normalized spacial score (nSPS) is 3.60. The first-order chi connectivity index (χ1) is 1.41. The average molecular weight is 151 g/mol. The van der Waals surface area contributed by atoms with Gasteiger partial charge in [0.05, 0.1) is 0 Å². The standard InChI is InChI=1S/CH3O2.CH3.Y/c2-1-3;;/h1-3H;1H3;/q2*-1;. The predicted molar refractivity (Wildman–Crippen MR) is 14.6 cm³/mol. The minimum absolute atomic E-state index is 0. The Hall–Kier alpha value is 1.02. The molecule has 0 amide bonds. The number of rotatable bonds is 0. The molecule has 0 bridgehead atoms. The molecule has 2 N–H and O–H groups in total. The van der Waals surface area contributed by atoms with Crippen LogP contribution in [-0.2, 0) is 32.7 Å². The third-order valence-electron chi connectivity index (χ3n) is 0. The summed E-state index contributed by atoms with van der Waals surface area (Å²) in [4.78, 5) is 0. The Labute approximate surface area is 57.1 Å². The van der Waals surface area contributed by atoms with Gasteiger partial charge >= 0.3 is 0 Å². The summed E-state index contributed by atoms with van der Waals surface area (Å²) in [6, 6.07) is 0. The Morgan fingerprint density at radius 2 is 1.20 bits per heavy atom. The van der Waals surface area contributed by atoms with Crippen LogP contribution in [0, 0.1) is 14.2 Å². The van der Waals surface area contributed by atoms with Crippen molar-refractivity contribution in [1.82, 2.24) is 0 Å². The first-order valence-corrected chi connectivity index (χ1v) is 0.516. The van der Waals surface area contributed by atoms with E-state index >= 15 is 0 Å². The van der Waals surface area contributed by atoms with Crippen LogP contribution in [0.5, 0.6) is 0 Å². The van der Waals surface area contributed by atoms with Gasteiger partial charge in [0.25, 0.3) is 0 Å². The fourth-order valence-electron chi connectivity index (χ4n) is 0. The Morgan fingerprint density at radius 3 is 1.20 bits per heavy atom. The topological polar surface area (TPSA) is 40.5 Å². The smallest absolute Gasteiger partial charge is 0 e. The van der Waals surface area contributed by atoms with Crippen molar-refractivity contribution in [1.29, 1.82) is 0 Å². The zero-order chi connectivity index (χ0) is 2.71. The third kappa shape index (κ3) is 43.8. The van der Waals surface area contributed by atoms with Crippen LogP contribution < -0.4 is 0 Å². The van der Waals surface area contributed by atoms with Gasteiger partial charge in [0.2, 0.25) is 0 Å². The monoisotopic (exact) mass is 151 g/mol. The molecule has 3 heteroatoms. The van der Waals surface area contributed by atoms with Gasteiger partial charge in [0.15, 0.2) is 0 Å². The van der Waals surface area contributed by atoms with E-state index in [9.17, 15) is 0 Å². The predicted octanol–water partition coefficient (Wildman–Crippen LogP) is 0.298. The van der Waals surface area contributed by atoms with E-state index in [1.165, 1.54) is 0 Å². The molecule has 0 rings (SSSR count). The summed E-state index contributed by atoms with van der Waals surface area (Å²) in [5.74, 6) is 0. The van der Waals surface area contributed by atoms with Gasteiger partial charge in [0.1, 0.15) is 0 Å². The zero-order valence-electron chi connectivity index (χ0n) is 3.05. The molecule has 31 valence electrons. The van der Waals surface area contributed by atoms with Crippen LogP contribution in [0.15, 0.2) is 0 Å². The van der Waals surface area contributed by atoms with E-state index in [2.05, 4.69) is 0 Å². The maximum atomic E-state index is 7.00. The van der Waals surface area contributed by atoms with Gasteiger partial charge in [0, 0.05) is 32.7 Å². The molecule has 0 aromatic carbocycles. The summed E-state index contributed by atoms with van der Waals surface area (Å²) >= 11 is 0. The van der Waals surface area contributed by atoms with Crippen LogP contribution in [0.25, 0.3) is 0 Å². The third-order valence-corrected chi connectivity index (χ3v) is 0. The number of hydrogen-bond acceptors (Lipinski definition) is 2. The van der Waals surface area contributed by atoms with Crippen LogP contribution in [0.4, 0.5) is 0 Å². The second kappa shape index (κ2) is 19.9. The minimum Gasteiger partial charge on any atom is -0.539 e. The molecule has 0 aliphatic rings.